The summed E-state index contributed by atoms with van der Waals surface area (Å²) in [6.07, 6.45) is 5.84. The van der Waals surface area contributed by atoms with Crippen molar-refractivity contribution in [3.63, 3.8) is 0 Å². The molecule has 0 bridgehead atoms. The molecule has 14 heavy (non-hydrogen) atoms. The second-order valence-electron chi connectivity index (χ2n) is 4.07. The van der Waals surface area contributed by atoms with Gasteiger partial charge in [0.2, 0.25) is 0 Å². The summed E-state index contributed by atoms with van der Waals surface area (Å²) in [5.74, 6) is 2.36. The van der Waals surface area contributed by atoms with Gasteiger partial charge < -0.3 is 10.1 Å². The average Bonchev–Trinajstić information content (AvgIpc) is 2.14. The normalized spacial score (nSPS) is 13.1. The first-order chi connectivity index (χ1) is 6.44. The van der Waals surface area contributed by atoms with Crippen molar-refractivity contribution in [3.8, 4) is 12.3 Å². The molecule has 0 radical (unpaired) electrons. The van der Waals surface area contributed by atoms with Gasteiger partial charge in [-0.3, -0.25) is 4.79 Å². The third-order valence-electron chi connectivity index (χ3n) is 2.05. The van der Waals surface area contributed by atoms with Gasteiger partial charge in [-0.25, -0.2) is 0 Å². The summed E-state index contributed by atoms with van der Waals surface area (Å²) in [6, 6.07) is 0.226. The molecule has 0 spiro atoms. The van der Waals surface area contributed by atoms with Crippen molar-refractivity contribution in [2.75, 3.05) is 13.7 Å². The van der Waals surface area contributed by atoms with E-state index in [9.17, 15) is 4.79 Å². The molecule has 0 aliphatic heterocycles. The minimum absolute atomic E-state index is 0.210. The Balaban J connectivity index is 3.99. The summed E-state index contributed by atoms with van der Waals surface area (Å²) in [5, 5.41) is 3.20. The highest BCUT2D eigenvalue weighted by Crippen LogP contribution is 2.15. The number of esters is 1. The Morgan fingerprint density at radius 2 is 2.21 bits per heavy atom. The summed E-state index contributed by atoms with van der Waals surface area (Å²) >= 11 is 0. The third-order valence-corrected chi connectivity index (χ3v) is 2.05. The number of ether oxygens (including phenoxy) is 1. The number of carbonyl (C=O) groups excluding carboxylic acids is 1. The molecule has 0 aliphatic rings. The number of methoxy groups -OCH3 is 1. The molecule has 0 rings (SSSR count). The van der Waals surface area contributed by atoms with Crippen molar-refractivity contribution >= 4 is 5.97 Å². The van der Waals surface area contributed by atoms with Gasteiger partial charge in [0, 0.05) is 19.0 Å². The molecule has 3 heteroatoms. The first kappa shape index (κ1) is 13.0. The van der Waals surface area contributed by atoms with Crippen molar-refractivity contribution in [1.82, 2.24) is 5.32 Å². The average molecular weight is 197 g/mol. The zero-order valence-electron chi connectivity index (χ0n) is 9.39. The van der Waals surface area contributed by atoms with E-state index >= 15 is 0 Å². The molecule has 1 unspecified atom stereocenters. The summed E-state index contributed by atoms with van der Waals surface area (Å²) in [4.78, 5) is 11.3. The molecular weight excluding hydrogens is 178 g/mol. The molecule has 80 valence electrons. The minimum Gasteiger partial charge on any atom is -0.469 e. The molecule has 0 aromatic rings. The van der Waals surface area contributed by atoms with Crippen LogP contribution in [0.1, 0.15) is 27.2 Å². The van der Waals surface area contributed by atoms with Crippen LogP contribution < -0.4 is 5.32 Å². The van der Waals surface area contributed by atoms with Gasteiger partial charge >= 0.3 is 5.97 Å². The van der Waals surface area contributed by atoms with E-state index in [1.807, 2.05) is 20.8 Å². The molecule has 0 heterocycles. The monoisotopic (exact) mass is 197 g/mol. The van der Waals surface area contributed by atoms with Crippen LogP contribution >= 0.6 is 0 Å². The smallest absolute Gasteiger partial charge is 0.312 e. The number of nitrogens with one attached hydrogen (secondary N) is 1. The summed E-state index contributed by atoms with van der Waals surface area (Å²) in [6.45, 7) is 6.25. The van der Waals surface area contributed by atoms with Gasteiger partial charge in [0.05, 0.1) is 12.5 Å². The van der Waals surface area contributed by atoms with Gasteiger partial charge in [-0.15, -0.1) is 12.3 Å². The Bertz CT molecular complexity index is 228. The van der Waals surface area contributed by atoms with E-state index < -0.39 is 5.41 Å². The Kier molecular flexibility index (Phi) is 5.26. The lowest BCUT2D eigenvalue weighted by molar-refractivity contribution is -0.150. The molecule has 0 aromatic carbocycles. The van der Waals surface area contributed by atoms with E-state index in [1.54, 1.807) is 0 Å². The molecule has 0 fully saturated rings. The van der Waals surface area contributed by atoms with Crippen LogP contribution in [-0.4, -0.2) is 25.7 Å². The maximum absolute atomic E-state index is 11.3. The Morgan fingerprint density at radius 3 is 2.64 bits per heavy atom. The first-order valence-electron chi connectivity index (χ1n) is 4.69. The molecule has 0 saturated carbocycles. The van der Waals surface area contributed by atoms with Crippen molar-refractivity contribution in [2.24, 2.45) is 5.41 Å². The molecule has 0 amide bonds. The predicted octanol–water partition coefficient (Wildman–Crippen LogP) is 1.19. The highest BCUT2D eigenvalue weighted by atomic mass is 16.5. The van der Waals surface area contributed by atoms with Crippen molar-refractivity contribution < 1.29 is 9.53 Å². The molecule has 1 atom stereocenters. The number of hydrogen-bond acceptors (Lipinski definition) is 3. The molecule has 3 nitrogen and oxygen atoms in total. The van der Waals surface area contributed by atoms with Crippen LogP contribution in [-0.2, 0) is 9.53 Å². The number of terminal acetylenes is 1. The molecular formula is C11H19NO2. The van der Waals surface area contributed by atoms with Crippen LogP contribution in [0.4, 0.5) is 0 Å². The topological polar surface area (TPSA) is 38.3 Å². The van der Waals surface area contributed by atoms with Crippen LogP contribution in [0.5, 0.6) is 0 Å². The van der Waals surface area contributed by atoms with Crippen molar-refractivity contribution in [1.29, 1.82) is 0 Å². The van der Waals surface area contributed by atoms with Gasteiger partial charge in [0.15, 0.2) is 0 Å². The summed E-state index contributed by atoms with van der Waals surface area (Å²) in [7, 11) is 1.40. The minimum atomic E-state index is -0.502. The van der Waals surface area contributed by atoms with Crippen LogP contribution in [0.3, 0.4) is 0 Å². The van der Waals surface area contributed by atoms with E-state index in [1.165, 1.54) is 7.11 Å². The number of hydrogen-bond donors (Lipinski definition) is 1. The quantitative estimate of drug-likeness (QED) is 0.531. The summed E-state index contributed by atoms with van der Waals surface area (Å²) in [5.41, 5.74) is -0.502. The van der Waals surface area contributed by atoms with Gasteiger partial charge in [0.1, 0.15) is 0 Å². The van der Waals surface area contributed by atoms with Crippen LogP contribution in [0, 0.1) is 17.8 Å². The van der Waals surface area contributed by atoms with Crippen LogP contribution in [0.25, 0.3) is 0 Å². The van der Waals surface area contributed by atoms with E-state index in [0.29, 0.717) is 13.0 Å². The fourth-order valence-corrected chi connectivity index (χ4v) is 1.03. The Hall–Kier alpha value is -1.01. The summed E-state index contributed by atoms with van der Waals surface area (Å²) < 4.78 is 4.69. The Morgan fingerprint density at radius 1 is 1.64 bits per heavy atom. The highest BCUT2D eigenvalue weighted by molar-refractivity contribution is 5.76. The van der Waals surface area contributed by atoms with E-state index in [-0.39, 0.29) is 12.0 Å². The molecule has 0 saturated heterocycles. The second kappa shape index (κ2) is 5.66. The number of carbonyl (C=O) groups is 1. The maximum atomic E-state index is 11.3. The van der Waals surface area contributed by atoms with Crippen molar-refractivity contribution in [3.05, 3.63) is 0 Å². The number of rotatable bonds is 5. The predicted molar refractivity (Wildman–Crippen MR) is 56.7 cm³/mol. The lowest BCUT2D eigenvalue weighted by atomic mass is 9.93. The maximum Gasteiger partial charge on any atom is 0.312 e. The first-order valence-corrected chi connectivity index (χ1v) is 4.69. The molecule has 0 aromatic heterocycles. The standard InChI is InChI=1S/C11H19NO2/c1-6-7-9(2)12-8-11(3,4)10(13)14-5/h1,9,12H,7-8H2,2-5H3. The van der Waals surface area contributed by atoms with E-state index in [0.717, 1.165) is 0 Å². The highest BCUT2D eigenvalue weighted by Gasteiger charge is 2.28. The van der Waals surface area contributed by atoms with E-state index in [4.69, 9.17) is 6.42 Å². The van der Waals surface area contributed by atoms with Gasteiger partial charge in [-0.2, -0.15) is 0 Å². The second-order valence-corrected chi connectivity index (χ2v) is 4.07. The lowest BCUT2D eigenvalue weighted by Gasteiger charge is -2.23. The van der Waals surface area contributed by atoms with Crippen LogP contribution in [0.2, 0.25) is 0 Å². The van der Waals surface area contributed by atoms with Gasteiger partial charge in [0.25, 0.3) is 0 Å². The van der Waals surface area contributed by atoms with Gasteiger partial charge in [-0.05, 0) is 20.8 Å². The third kappa shape index (κ3) is 4.29. The van der Waals surface area contributed by atoms with E-state index in [2.05, 4.69) is 16.0 Å². The fraction of sp³-hybridized carbons (Fsp3) is 0.727. The zero-order valence-corrected chi connectivity index (χ0v) is 9.39. The lowest BCUT2D eigenvalue weighted by Crippen LogP contribution is -2.40. The molecule has 0 aliphatic carbocycles. The van der Waals surface area contributed by atoms with Gasteiger partial charge in [-0.1, -0.05) is 0 Å². The van der Waals surface area contributed by atoms with Crippen molar-refractivity contribution in [2.45, 2.75) is 33.2 Å². The zero-order chi connectivity index (χ0) is 11.2. The fourth-order valence-electron chi connectivity index (χ4n) is 1.03. The van der Waals surface area contributed by atoms with Crippen LogP contribution in [0.15, 0.2) is 0 Å². The largest absolute Gasteiger partial charge is 0.469 e. The Labute approximate surface area is 86.2 Å². The SMILES string of the molecule is C#CCC(C)NCC(C)(C)C(=O)OC. The molecule has 1 N–H and O–H groups in total.